The summed E-state index contributed by atoms with van der Waals surface area (Å²) >= 11 is 1.39. The van der Waals surface area contributed by atoms with Crippen molar-refractivity contribution in [3.63, 3.8) is 0 Å². The van der Waals surface area contributed by atoms with Crippen molar-refractivity contribution >= 4 is 34.2 Å². The molecule has 192 valence electrons. The molecule has 0 fully saturated rings. The minimum absolute atomic E-state index is 0.189. The highest BCUT2D eigenvalue weighted by Gasteiger charge is 2.34. The Kier molecular flexibility index (Phi) is 7.20. The second-order valence-corrected chi connectivity index (χ2v) is 9.90. The van der Waals surface area contributed by atoms with Crippen molar-refractivity contribution in [2.75, 3.05) is 32.6 Å². The van der Waals surface area contributed by atoms with Gasteiger partial charge < -0.3 is 14.8 Å². The first-order chi connectivity index (χ1) is 18.0. The zero-order chi connectivity index (χ0) is 25.9. The Labute approximate surface area is 219 Å². The van der Waals surface area contributed by atoms with Crippen molar-refractivity contribution in [2.24, 2.45) is 0 Å². The van der Waals surface area contributed by atoms with E-state index in [1.54, 1.807) is 38.5 Å². The van der Waals surface area contributed by atoms with Gasteiger partial charge in [-0.3, -0.25) is 24.2 Å². The monoisotopic (exact) mass is 520 g/mol. The summed E-state index contributed by atoms with van der Waals surface area (Å²) in [5.74, 6) is 0.681. The SMILES string of the molecule is COc1cc2c(cc1OC)CN(Cc1csc(NC(=O)CCCN3C(=O)c4ccccc4C3=O)n1)CC2. The van der Waals surface area contributed by atoms with Crippen molar-refractivity contribution in [3.05, 3.63) is 69.7 Å². The molecule has 1 aromatic heterocycles. The van der Waals surface area contributed by atoms with Gasteiger partial charge in [0.15, 0.2) is 16.6 Å². The smallest absolute Gasteiger partial charge is 0.261 e. The van der Waals surface area contributed by atoms with E-state index in [1.807, 2.05) is 11.4 Å². The number of rotatable bonds is 9. The number of carbonyl (C=O) groups is 3. The van der Waals surface area contributed by atoms with Crippen LogP contribution in [0.2, 0.25) is 0 Å². The molecule has 2 aromatic carbocycles. The van der Waals surface area contributed by atoms with Crippen molar-refractivity contribution in [3.8, 4) is 11.5 Å². The summed E-state index contributed by atoms with van der Waals surface area (Å²) in [7, 11) is 3.28. The second kappa shape index (κ2) is 10.7. The van der Waals surface area contributed by atoms with E-state index in [1.165, 1.54) is 27.4 Å². The third kappa shape index (κ3) is 5.21. The Hall–Kier alpha value is -3.76. The van der Waals surface area contributed by atoms with Crippen LogP contribution in [0.15, 0.2) is 41.8 Å². The van der Waals surface area contributed by atoms with E-state index in [2.05, 4.69) is 21.3 Å². The molecule has 3 amide bonds. The largest absolute Gasteiger partial charge is 0.493 e. The molecule has 10 heteroatoms. The number of nitrogens with one attached hydrogen (secondary N) is 1. The van der Waals surface area contributed by atoms with Crippen LogP contribution >= 0.6 is 11.3 Å². The van der Waals surface area contributed by atoms with Crippen molar-refractivity contribution in [2.45, 2.75) is 32.4 Å². The molecular weight excluding hydrogens is 492 g/mol. The summed E-state index contributed by atoms with van der Waals surface area (Å²) in [4.78, 5) is 45.5. The summed E-state index contributed by atoms with van der Waals surface area (Å²) in [6.45, 7) is 2.57. The zero-order valence-electron chi connectivity index (χ0n) is 20.8. The molecule has 0 unspecified atom stereocenters. The molecule has 2 aliphatic rings. The molecule has 1 N–H and O–H groups in total. The van der Waals surface area contributed by atoms with Gasteiger partial charge in [-0.15, -0.1) is 11.3 Å². The summed E-state index contributed by atoms with van der Waals surface area (Å²) in [6.07, 6.45) is 1.49. The first kappa shape index (κ1) is 24.9. The number of fused-ring (bicyclic) bond motifs is 2. The lowest BCUT2D eigenvalue weighted by Gasteiger charge is -2.29. The number of hydrogen-bond donors (Lipinski definition) is 1. The average molecular weight is 521 g/mol. The highest BCUT2D eigenvalue weighted by atomic mass is 32.1. The van der Waals surface area contributed by atoms with E-state index < -0.39 is 0 Å². The van der Waals surface area contributed by atoms with Crippen LogP contribution in [0.1, 0.15) is 50.4 Å². The minimum atomic E-state index is -0.302. The molecule has 0 bridgehead atoms. The van der Waals surface area contributed by atoms with Crippen LogP contribution in [0.4, 0.5) is 5.13 Å². The fourth-order valence-electron chi connectivity index (χ4n) is 4.76. The van der Waals surface area contributed by atoms with Crippen molar-refractivity contribution in [1.82, 2.24) is 14.8 Å². The fraction of sp³-hybridized carbons (Fsp3) is 0.333. The Balaban J connectivity index is 1.10. The third-order valence-corrected chi connectivity index (χ3v) is 7.45. The zero-order valence-corrected chi connectivity index (χ0v) is 21.6. The van der Waals surface area contributed by atoms with E-state index in [-0.39, 0.29) is 30.7 Å². The highest BCUT2D eigenvalue weighted by Crippen LogP contribution is 2.33. The van der Waals surface area contributed by atoms with Crippen LogP contribution in [-0.4, -0.2) is 59.8 Å². The van der Waals surface area contributed by atoms with Gasteiger partial charge in [-0.05, 0) is 48.2 Å². The summed E-state index contributed by atoms with van der Waals surface area (Å²) in [6, 6.07) is 10.9. The van der Waals surface area contributed by atoms with Gasteiger partial charge in [0.1, 0.15) is 0 Å². The lowest BCUT2D eigenvalue weighted by molar-refractivity contribution is -0.116. The predicted molar refractivity (Wildman–Crippen MR) is 139 cm³/mol. The molecule has 0 spiro atoms. The first-order valence-electron chi connectivity index (χ1n) is 12.1. The Bertz CT molecular complexity index is 1320. The molecule has 0 radical (unpaired) electrons. The van der Waals surface area contributed by atoms with E-state index >= 15 is 0 Å². The maximum atomic E-state index is 12.5. The van der Waals surface area contributed by atoms with Crippen LogP contribution in [0.25, 0.3) is 0 Å². The van der Waals surface area contributed by atoms with Gasteiger partial charge in [-0.1, -0.05) is 12.1 Å². The average Bonchev–Trinajstić information content (AvgIpc) is 3.44. The fourth-order valence-corrected chi connectivity index (χ4v) is 5.48. The molecule has 3 heterocycles. The van der Waals surface area contributed by atoms with Crippen LogP contribution < -0.4 is 14.8 Å². The number of ether oxygens (including phenoxy) is 2. The number of methoxy groups -OCH3 is 2. The Morgan fingerprint density at radius 2 is 1.73 bits per heavy atom. The number of benzene rings is 2. The van der Waals surface area contributed by atoms with Gasteiger partial charge >= 0.3 is 0 Å². The lowest BCUT2D eigenvalue weighted by Crippen LogP contribution is -2.31. The number of anilines is 1. The van der Waals surface area contributed by atoms with Crippen molar-refractivity contribution < 1.29 is 23.9 Å². The minimum Gasteiger partial charge on any atom is -0.493 e. The van der Waals surface area contributed by atoms with Gasteiger partial charge in [-0.25, -0.2) is 4.98 Å². The highest BCUT2D eigenvalue weighted by molar-refractivity contribution is 7.13. The van der Waals surface area contributed by atoms with Gasteiger partial charge in [0.05, 0.1) is 31.0 Å². The molecule has 0 aliphatic carbocycles. The van der Waals surface area contributed by atoms with Gasteiger partial charge in [0.25, 0.3) is 11.8 Å². The quantitative estimate of drug-likeness (QED) is 0.429. The van der Waals surface area contributed by atoms with Gasteiger partial charge in [0.2, 0.25) is 5.91 Å². The molecule has 37 heavy (non-hydrogen) atoms. The number of imide groups is 1. The Morgan fingerprint density at radius 3 is 2.41 bits per heavy atom. The summed E-state index contributed by atoms with van der Waals surface area (Å²) in [5, 5.41) is 5.34. The molecule has 9 nitrogen and oxygen atoms in total. The molecule has 0 saturated carbocycles. The molecule has 5 rings (SSSR count). The maximum Gasteiger partial charge on any atom is 0.261 e. The number of thiazole rings is 1. The van der Waals surface area contributed by atoms with Crippen LogP contribution in [0.5, 0.6) is 11.5 Å². The van der Waals surface area contributed by atoms with E-state index in [4.69, 9.17) is 9.47 Å². The van der Waals surface area contributed by atoms with Gasteiger partial charge in [-0.2, -0.15) is 0 Å². The first-order valence-corrected chi connectivity index (χ1v) is 13.0. The Morgan fingerprint density at radius 1 is 1.05 bits per heavy atom. The van der Waals surface area contributed by atoms with Crippen LogP contribution in [0.3, 0.4) is 0 Å². The maximum absolute atomic E-state index is 12.5. The van der Waals surface area contributed by atoms with E-state index in [9.17, 15) is 14.4 Å². The molecule has 0 saturated heterocycles. The van der Waals surface area contributed by atoms with Crippen LogP contribution in [0, 0.1) is 0 Å². The van der Waals surface area contributed by atoms with E-state index in [0.717, 1.165) is 36.7 Å². The normalized spacial score (nSPS) is 14.9. The topological polar surface area (TPSA) is 101 Å². The summed E-state index contributed by atoms with van der Waals surface area (Å²) in [5.41, 5.74) is 4.22. The third-order valence-electron chi connectivity index (χ3n) is 6.64. The predicted octanol–water partition coefficient (Wildman–Crippen LogP) is 3.73. The van der Waals surface area contributed by atoms with Gasteiger partial charge in [0, 0.05) is 38.0 Å². The number of carbonyl (C=O) groups excluding carboxylic acids is 3. The standard InChI is InChI=1S/C27H28N4O5S/c1-35-22-12-17-9-11-30(14-18(17)13-23(22)36-2)15-19-16-37-27(28-19)29-24(32)8-5-10-31-25(33)20-6-3-4-7-21(20)26(31)34/h3-4,6-7,12-13,16H,5,8-11,14-15H2,1-2H3,(H,28,29,32). The molecular formula is C27H28N4O5S. The molecule has 2 aliphatic heterocycles. The second-order valence-electron chi connectivity index (χ2n) is 9.04. The van der Waals surface area contributed by atoms with E-state index in [0.29, 0.717) is 29.2 Å². The van der Waals surface area contributed by atoms with Crippen LogP contribution in [-0.2, 0) is 24.3 Å². The molecule has 3 aromatic rings. The molecule has 0 atom stereocenters. The number of amides is 3. The lowest BCUT2D eigenvalue weighted by atomic mass is 9.98. The number of hydrogen-bond acceptors (Lipinski definition) is 8. The summed E-state index contributed by atoms with van der Waals surface area (Å²) < 4.78 is 10.9. The number of aromatic nitrogens is 1. The number of nitrogens with zero attached hydrogens (tertiary/aromatic N) is 3. The van der Waals surface area contributed by atoms with Crippen molar-refractivity contribution in [1.29, 1.82) is 0 Å².